The van der Waals surface area contributed by atoms with E-state index in [1.807, 2.05) is 0 Å². The molecule has 1 amide bonds. The van der Waals surface area contributed by atoms with E-state index in [4.69, 9.17) is 4.84 Å². The zero-order chi connectivity index (χ0) is 6.69. The van der Waals surface area contributed by atoms with Gasteiger partial charge < -0.3 is 4.74 Å². The number of carbonyl (C=O) groups is 1. The quantitative estimate of drug-likeness (QED) is 0.481. The standard InChI is InChI=1S/C5H6NO3/c1-8-5(7)6-3-2-4-9-6/h2-3H,1,4H2. The van der Waals surface area contributed by atoms with E-state index in [1.54, 1.807) is 6.08 Å². The highest BCUT2D eigenvalue weighted by Crippen LogP contribution is 2.02. The van der Waals surface area contributed by atoms with Crippen LogP contribution in [0.2, 0.25) is 0 Å². The Morgan fingerprint density at radius 1 is 1.89 bits per heavy atom. The molecule has 1 aliphatic rings. The van der Waals surface area contributed by atoms with Crippen LogP contribution in [0.25, 0.3) is 0 Å². The SMILES string of the molecule is [CH2]OC(=O)N1C=CCO1. The Bertz CT molecular complexity index is 143. The van der Waals surface area contributed by atoms with Gasteiger partial charge in [-0.2, -0.15) is 5.06 Å². The van der Waals surface area contributed by atoms with Gasteiger partial charge in [0.15, 0.2) is 0 Å². The lowest BCUT2D eigenvalue weighted by atomic mass is 10.7. The molecule has 0 spiro atoms. The average molecular weight is 128 g/mol. The molecule has 0 aromatic heterocycles. The van der Waals surface area contributed by atoms with Crippen LogP contribution in [0.15, 0.2) is 12.3 Å². The third-order valence-corrected chi connectivity index (χ3v) is 0.854. The fraction of sp³-hybridized carbons (Fsp3) is 0.200. The number of carbonyl (C=O) groups excluding carboxylic acids is 1. The molecule has 4 heteroatoms. The Hall–Kier alpha value is -1.03. The van der Waals surface area contributed by atoms with Gasteiger partial charge in [0.1, 0.15) is 7.11 Å². The Kier molecular flexibility index (Phi) is 1.69. The predicted octanol–water partition coefficient (Wildman–Crippen LogP) is 0.675. The van der Waals surface area contributed by atoms with Gasteiger partial charge >= 0.3 is 6.09 Å². The molecule has 0 atom stereocenters. The van der Waals surface area contributed by atoms with E-state index < -0.39 is 6.09 Å². The summed E-state index contributed by atoms with van der Waals surface area (Å²) in [6.07, 6.45) is 2.56. The van der Waals surface area contributed by atoms with Crippen LogP contribution >= 0.6 is 0 Å². The molecule has 0 bridgehead atoms. The van der Waals surface area contributed by atoms with E-state index in [0.717, 1.165) is 5.06 Å². The van der Waals surface area contributed by atoms with Crippen molar-refractivity contribution in [2.75, 3.05) is 6.61 Å². The van der Waals surface area contributed by atoms with E-state index >= 15 is 0 Å². The van der Waals surface area contributed by atoms with Gasteiger partial charge in [-0.05, 0) is 6.08 Å². The Morgan fingerprint density at radius 3 is 3.11 bits per heavy atom. The number of rotatable bonds is 0. The second-order valence-electron chi connectivity index (χ2n) is 1.42. The molecule has 0 N–H and O–H groups in total. The third kappa shape index (κ3) is 1.20. The first kappa shape index (κ1) is 6.10. The van der Waals surface area contributed by atoms with Gasteiger partial charge in [0.05, 0.1) is 6.61 Å². The van der Waals surface area contributed by atoms with Crippen LogP contribution in [0.4, 0.5) is 4.79 Å². The lowest BCUT2D eigenvalue weighted by Gasteiger charge is -2.08. The summed E-state index contributed by atoms with van der Waals surface area (Å²) in [5.41, 5.74) is 0. The molecule has 1 aliphatic heterocycles. The first-order chi connectivity index (χ1) is 4.34. The number of hydrogen-bond acceptors (Lipinski definition) is 3. The maximum atomic E-state index is 10.5. The topological polar surface area (TPSA) is 38.8 Å². The van der Waals surface area contributed by atoms with Crippen LogP contribution in [0.3, 0.4) is 0 Å². The normalized spacial score (nSPS) is 16.3. The van der Waals surface area contributed by atoms with Gasteiger partial charge in [0.25, 0.3) is 0 Å². The van der Waals surface area contributed by atoms with E-state index in [-0.39, 0.29) is 0 Å². The molecule has 1 rings (SSSR count). The summed E-state index contributed by atoms with van der Waals surface area (Å²) in [7, 11) is 2.93. The summed E-state index contributed by atoms with van der Waals surface area (Å²) in [5.74, 6) is 0. The molecular weight excluding hydrogens is 122 g/mol. The van der Waals surface area contributed by atoms with Crippen LogP contribution in [0, 0.1) is 7.11 Å². The summed E-state index contributed by atoms with van der Waals surface area (Å²) in [4.78, 5) is 15.2. The van der Waals surface area contributed by atoms with Crippen molar-refractivity contribution in [3.8, 4) is 0 Å². The maximum Gasteiger partial charge on any atom is 0.438 e. The third-order valence-electron chi connectivity index (χ3n) is 0.854. The predicted molar refractivity (Wildman–Crippen MR) is 28.8 cm³/mol. The van der Waals surface area contributed by atoms with Crippen LogP contribution < -0.4 is 0 Å². The summed E-state index contributed by atoms with van der Waals surface area (Å²) in [6, 6.07) is 0. The Labute approximate surface area is 52.6 Å². The highest BCUT2D eigenvalue weighted by atomic mass is 16.7. The van der Waals surface area contributed by atoms with Crippen LogP contribution in [0.5, 0.6) is 0 Å². The lowest BCUT2D eigenvalue weighted by molar-refractivity contribution is -0.0678. The zero-order valence-electron chi connectivity index (χ0n) is 4.74. The second kappa shape index (κ2) is 2.50. The summed E-state index contributed by atoms with van der Waals surface area (Å²) in [6.45, 7) is 0.412. The van der Waals surface area contributed by atoms with E-state index in [0.29, 0.717) is 6.61 Å². The van der Waals surface area contributed by atoms with Crippen molar-refractivity contribution in [2.45, 2.75) is 0 Å². The van der Waals surface area contributed by atoms with Crippen molar-refractivity contribution in [2.24, 2.45) is 0 Å². The van der Waals surface area contributed by atoms with Crippen LogP contribution in [-0.2, 0) is 9.57 Å². The molecule has 0 aliphatic carbocycles. The minimum Gasteiger partial charge on any atom is -0.444 e. The molecule has 1 heterocycles. The number of nitrogens with zero attached hydrogens (tertiary/aromatic N) is 1. The van der Waals surface area contributed by atoms with Crippen molar-refractivity contribution in [3.63, 3.8) is 0 Å². The van der Waals surface area contributed by atoms with Gasteiger partial charge in [-0.3, -0.25) is 4.84 Å². The first-order valence-corrected chi connectivity index (χ1v) is 2.39. The minimum absolute atomic E-state index is 0.412. The van der Waals surface area contributed by atoms with Crippen molar-refractivity contribution in [1.29, 1.82) is 0 Å². The first-order valence-electron chi connectivity index (χ1n) is 2.39. The highest BCUT2D eigenvalue weighted by Gasteiger charge is 2.13. The zero-order valence-corrected chi connectivity index (χ0v) is 4.74. The average Bonchev–Trinajstić information content (AvgIpc) is 2.37. The summed E-state index contributed by atoms with van der Waals surface area (Å²) in [5, 5.41) is 0.979. The Morgan fingerprint density at radius 2 is 2.67 bits per heavy atom. The van der Waals surface area contributed by atoms with E-state index in [2.05, 4.69) is 11.8 Å². The maximum absolute atomic E-state index is 10.5. The van der Waals surface area contributed by atoms with E-state index in [9.17, 15) is 4.79 Å². The monoisotopic (exact) mass is 128 g/mol. The number of amides is 1. The fourth-order valence-electron chi connectivity index (χ4n) is 0.482. The van der Waals surface area contributed by atoms with Gasteiger partial charge in [-0.1, -0.05) is 0 Å². The van der Waals surface area contributed by atoms with Gasteiger partial charge in [-0.25, -0.2) is 4.79 Å². The van der Waals surface area contributed by atoms with Crippen molar-refractivity contribution >= 4 is 6.09 Å². The molecule has 9 heavy (non-hydrogen) atoms. The molecule has 0 saturated carbocycles. The van der Waals surface area contributed by atoms with Crippen molar-refractivity contribution in [3.05, 3.63) is 19.4 Å². The minimum atomic E-state index is -0.608. The fourth-order valence-corrected chi connectivity index (χ4v) is 0.482. The molecule has 0 aromatic carbocycles. The smallest absolute Gasteiger partial charge is 0.438 e. The molecule has 0 saturated heterocycles. The summed E-state index contributed by atoms with van der Waals surface area (Å²) < 4.78 is 4.09. The molecular formula is C5H6NO3. The Balaban J connectivity index is 2.43. The molecule has 0 unspecified atom stereocenters. The highest BCUT2D eigenvalue weighted by molar-refractivity contribution is 5.67. The molecule has 1 radical (unpaired) electrons. The van der Waals surface area contributed by atoms with Crippen molar-refractivity contribution < 1.29 is 14.4 Å². The molecule has 0 aromatic rings. The number of hydroxylamine groups is 2. The summed E-state index contributed by atoms with van der Waals surface area (Å²) >= 11 is 0. The van der Waals surface area contributed by atoms with Gasteiger partial charge in [0, 0.05) is 6.20 Å². The van der Waals surface area contributed by atoms with Crippen LogP contribution in [-0.4, -0.2) is 17.8 Å². The van der Waals surface area contributed by atoms with Crippen molar-refractivity contribution in [1.82, 2.24) is 5.06 Å². The lowest BCUT2D eigenvalue weighted by Crippen LogP contribution is -2.21. The molecule has 49 valence electrons. The number of ether oxygens (including phenoxy) is 1. The number of hydrogen-bond donors (Lipinski definition) is 0. The molecule has 0 fully saturated rings. The second-order valence-corrected chi connectivity index (χ2v) is 1.42. The molecule has 4 nitrogen and oxygen atoms in total. The van der Waals surface area contributed by atoms with E-state index in [1.165, 1.54) is 6.20 Å². The van der Waals surface area contributed by atoms with Gasteiger partial charge in [0.2, 0.25) is 0 Å². The largest absolute Gasteiger partial charge is 0.444 e. The van der Waals surface area contributed by atoms with Crippen LogP contribution in [0.1, 0.15) is 0 Å². The van der Waals surface area contributed by atoms with Gasteiger partial charge in [-0.15, -0.1) is 0 Å².